The number of halogens is 1. The maximum absolute atomic E-state index is 11.3. The van der Waals surface area contributed by atoms with Crippen LogP contribution in [0.4, 0.5) is 11.4 Å². The first-order valence-corrected chi connectivity index (χ1v) is 7.59. The molecule has 1 aromatic carbocycles. The van der Waals surface area contributed by atoms with Crippen LogP contribution in [0.15, 0.2) is 12.1 Å². The molecule has 1 aliphatic heterocycles. The van der Waals surface area contributed by atoms with Gasteiger partial charge < -0.3 is 15.4 Å². The number of rotatable bonds is 2. The van der Waals surface area contributed by atoms with E-state index in [2.05, 4.69) is 10.6 Å². The van der Waals surface area contributed by atoms with Gasteiger partial charge in [-0.2, -0.15) is 0 Å². The Kier molecular flexibility index (Phi) is 2.81. The highest BCUT2D eigenvalue weighted by atomic mass is 35.5. The van der Waals surface area contributed by atoms with E-state index in [-0.39, 0.29) is 12.5 Å². The summed E-state index contributed by atoms with van der Waals surface area (Å²) < 4.78 is 5.45. The molecule has 0 aromatic heterocycles. The number of nitrogens with one attached hydrogen (secondary N) is 2. The zero-order chi connectivity index (χ0) is 13.7. The fourth-order valence-corrected chi connectivity index (χ4v) is 4.05. The lowest BCUT2D eigenvalue weighted by Gasteiger charge is -2.26. The molecule has 0 saturated heterocycles. The van der Waals surface area contributed by atoms with Crippen LogP contribution in [-0.2, 0) is 4.79 Å². The van der Waals surface area contributed by atoms with Crippen LogP contribution < -0.4 is 15.4 Å². The van der Waals surface area contributed by atoms with Gasteiger partial charge in [-0.05, 0) is 37.2 Å². The Morgan fingerprint density at radius 3 is 2.95 bits per heavy atom. The molecule has 20 heavy (non-hydrogen) atoms. The monoisotopic (exact) mass is 292 g/mol. The first-order valence-electron chi connectivity index (χ1n) is 7.22. The van der Waals surface area contributed by atoms with Crippen LogP contribution in [0.2, 0.25) is 5.02 Å². The van der Waals surface area contributed by atoms with Gasteiger partial charge in [0.2, 0.25) is 0 Å². The van der Waals surface area contributed by atoms with E-state index in [0.717, 1.165) is 17.5 Å². The van der Waals surface area contributed by atoms with Gasteiger partial charge in [-0.1, -0.05) is 18.0 Å². The summed E-state index contributed by atoms with van der Waals surface area (Å²) in [6, 6.07) is 4.20. The van der Waals surface area contributed by atoms with E-state index in [1.165, 1.54) is 25.7 Å². The number of anilines is 2. The molecule has 2 saturated carbocycles. The van der Waals surface area contributed by atoms with Crippen molar-refractivity contribution in [2.75, 3.05) is 17.2 Å². The Bertz CT molecular complexity index is 575. The Hall–Kier alpha value is -1.42. The summed E-state index contributed by atoms with van der Waals surface area (Å²) in [7, 11) is 0. The minimum absolute atomic E-state index is 0.0716. The summed E-state index contributed by atoms with van der Waals surface area (Å²) in [5.41, 5.74) is 1.57. The molecule has 2 fully saturated rings. The van der Waals surface area contributed by atoms with Crippen LogP contribution in [0.3, 0.4) is 0 Å². The van der Waals surface area contributed by atoms with Gasteiger partial charge in [0.25, 0.3) is 5.91 Å². The molecule has 3 atom stereocenters. The molecule has 3 aliphatic rings. The molecule has 4 rings (SSSR count). The Labute approximate surface area is 122 Å². The van der Waals surface area contributed by atoms with Crippen LogP contribution in [0.25, 0.3) is 0 Å². The van der Waals surface area contributed by atoms with E-state index in [9.17, 15) is 4.79 Å². The number of fused-ring (bicyclic) bond motifs is 3. The first kappa shape index (κ1) is 12.3. The summed E-state index contributed by atoms with van der Waals surface area (Å²) >= 11 is 6.32. The van der Waals surface area contributed by atoms with Gasteiger partial charge in [0.15, 0.2) is 6.61 Å². The zero-order valence-electron chi connectivity index (χ0n) is 11.1. The molecule has 2 bridgehead atoms. The summed E-state index contributed by atoms with van der Waals surface area (Å²) in [5, 5.41) is 6.99. The van der Waals surface area contributed by atoms with Gasteiger partial charge in [0.1, 0.15) is 5.75 Å². The van der Waals surface area contributed by atoms with E-state index in [1.54, 1.807) is 6.07 Å². The molecule has 4 nitrogen and oxygen atoms in total. The van der Waals surface area contributed by atoms with E-state index >= 15 is 0 Å². The van der Waals surface area contributed by atoms with Crippen molar-refractivity contribution in [1.82, 2.24) is 0 Å². The first-order chi connectivity index (χ1) is 9.69. The van der Waals surface area contributed by atoms with Gasteiger partial charge in [0, 0.05) is 12.1 Å². The predicted molar refractivity (Wildman–Crippen MR) is 78.4 cm³/mol. The molecule has 1 aromatic rings. The molecule has 3 unspecified atom stereocenters. The molecule has 2 N–H and O–H groups in total. The highest BCUT2D eigenvalue weighted by molar-refractivity contribution is 6.33. The van der Waals surface area contributed by atoms with Crippen LogP contribution in [0.1, 0.15) is 25.7 Å². The molecule has 106 valence electrons. The zero-order valence-corrected chi connectivity index (χ0v) is 11.9. The fraction of sp³-hybridized carbons (Fsp3) is 0.533. The second-order valence-electron chi connectivity index (χ2n) is 6.09. The predicted octanol–water partition coefficient (Wildman–Crippen LogP) is 3.27. The number of carbonyl (C=O) groups excluding carboxylic acids is 1. The molecule has 0 radical (unpaired) electrons. The summed E-state index contributed by atoms with van der Waals surface area (Å²) in [6.45, 7) is 0.0716. The maximum atomic E-state index is 11.3. The van der Waals surface area contributed by atoms with Gasteiger partial charge >= 0.3 is 0 Å². The van der Waals surface area contributed by atoms with E-state index in [4.69, 9.17) is 16.3 Å². The van der Waals surface area contributed by atoms with E-state index < -0.39 is 0 Å². The van der Waals surface area contributed by atoms with Crippen molar-refractivity contribution in [2.24, 2.45) is 11.8 Å². The van der Waals surface area contributed by atoms with Gasteiger partial charge in [-0.25, -0.2) is 0 Å². The van der Waals surface area contributed by atoms with Crippen molar-refractivity contribution in [3.8, 4) is 5.75 Å². The summed E-state index contributed by atoms with van der Waals surface area (Å²) in [4.78, 5) is 11.3. The average molecular weight is 293 g/mol. The van der Waals surface area contributed by atoms with Gasteiger partial charge in [-0.3, -0.25) is 4.79 Å². The van der Waals surface area contributed by atoms with Crippen LogP contribution in [0, 0.1) is 11.8 Å². The Morgan fingerprint density at radius 2 is 2.20 bits per heavy atom. The molecular formula is C15H17ClN2O2. The highest BCUT2D eigenvalue weighted by Crippen LogP contribution is 2.46. The van der Waals surface area contributed by atoms with Crippen molar-refractivity contribution in [3.63, 3.8) is 0 Å². The van der Waals surface area contributed by atoms with Crippen LogP contribution >= 0.6 is 11.6 Å². The second kappa shape index (κ2) is 4.55. The van der Waals surface area contributed by atoms with Crippen molar-refractivity contribution >= 4 is 28.9 Å². The lowest BCUT2D eigenvalue weighted by atomic mass is 9.95. The number of amides is 1. The minimum atomic E-state index is -0.137. The Morgan fingerprint density at radius 1 is 1.30 bits per heavy atom. The Balaban J connectivity index is 1.58. The SMILES string of the molecule is O=C1COc2cc(NC3CC4CCC3C4)c(Cl)cc2N1. The average Bonchev–Trinajstić information content (AvgIpc) is 3.02. The quantitative estimate of drug-likeness (QED) is 0.879. The van der Waals surface area contributed by atoms with Crippen LogP contribution in [0.5, 0.6) is 5.75 Å². The molecule has 1 heterocycles. The number of hydrogen-bond donors (Lipinski definition) is 2. The number of ether oxygens (including phenoxy) is 1. The fourth-order valence-electron chi connectivity index (χ4n) is 3.83. The molecule has 2 aliphatic carbocycles. The van der Waals surface area contributed by atoms with Crippen molar-refractivity contribution < 1.29 is 9.53 Å². The van der Waals surface area contributed by atoms with Gasteiger partial charge in [-0.15, -0.1) is 0 Å². The standard InChI is InChI=1S/C15H17ClN2O2/c16-10-5-13-14(20-7-15(19)18-13)6-12(10)17-11-4-8-1-2-9(11)3-8/h5-6,8-9,11,17H,1-4,7H2,(H,18,19). The third-order valence-electron chi connectivity index (χ3n) is 4.78. The minimum Gasteiger partial charge on any atom is -0.482 e. The maximum Gasteiger partial charge on any atom is 0.262 e. The number of carbonyl (C=O) groups is 1. The normalized spacial score (nSPS) is 30.6. The van der Waals surface area contributed by atoms with E-state index in [1.807, 2.05) is 6.07 Å². The molecular weight excluding hydrogens is 276 g/mol. The topological polar surface area (TPSA) is 50.4 Å². The smallest absolute Gasteiger partial charge is 0.262 e. The number of hydrogen-bond acceptors (Lipinski definition) is 3. The summed E-state index contributed by atoms with van der Waals surface area (Å²) in [6.07, 6.45) is 5.32. The van der Waals surface area contributed by atoms with Crippen LogP contribution in [-0.4, -0.2) is 18.6 Å². The summed E-state index contributed by atoms with van der Waals surface area (Å²) in [5.74, 6) is 2.24. The largest absolute Gasteiger partial charge is 0.482 e. The van der Waals surface area contributed by atoms with E-state index in [0.29, 0.717) is 22.5 Å². The second-order valence-corrected chi connectivity index (χ2v) is 6.50. The molecule has 0 spiro atoms. The third kappa shape index (κ3) is 2.03. The van der Waals surface area contributed by atoms with Crippen molar-refractivity contribution in [2.45, 2.75) is 31.7 Å². The number of benzene rings is 1. The highest BCUT2D eigenvalue weighted by Gasteiger charge is 2.39. The lowest BCUT2D eigenvalue weighted by molar-refractivity contribution is -0.118. The van der Waals surface area contributed by atoms with Crippen molar-refractivity contribution in [1.29, 1.82) is 0 Å². The lowest BCUT2D eigenvalue weighted by Crippen LogP contribution is -2.27. The molecule has 5 heteroatoms. The molecule has 1 amide bonds. The van der Waals surface area contributed by atoms with Gasteiger partial charge in [0.05, 0.1) is 16.4 Å². The third-order valence-corrected chi connectivity index (χ3v) is 5.09. The van der Waals surface area contributed by atoms with Crippen molar-refractivity contribution in [3.05, 3.63) is 17.2 Å².